The van der Waals surface area contributed by atoms with Gasteiger partial charge in [0.15, 0.2) is 5.17 Å². The Morgan fingerprint density at radius 1 is 1.08 bits per heavy atom. The third-order valence-electron chi connectivity index (χ3n) is 5.89. The second kappa shape index (κ2) is 9.91. The summed E-state index contributed by atoms with van der Waals surface area (Å²) in [6, 6.07) is 19.1. The Labute approximate surface area is 218 Å². The van der Waals surface area contributed by atoms with Crippen molar-refractivity contribution >= 4 is 50.2 Å². The first-order valence-electron chi connectivity index (χ1n) is 11.4. The molecule has 2 aliphatic heterocycles. The molecule has 0 spiro atoms. The molecule has 0 radical (unpaired) electrons. The average Bonchev–Trinajstić information content (AvgIpc) is 3.23. The van der Waals surface area contributed by atoms with Crippen molar-refractivity contribution in [2.75, 3.05) is 29.6 Å². The highest BCUT2D eigenvalue weighted by Gasteiger charge is 2.34. The maximum atomic E-state index is 13.4. The number of fused-ring (bicyclic) bond motifs is 3. The van der Waals surface area contributed by atoms with E-state index in [1.165, 1.54) is 18.9 Å². The van der Waals surface area contributed by atoms with E-state index in [1.54, 1.807) is 60.7 Å². The third kappa shape index (κ3) is 5.18. The summed E-state index contributed by atoms with van der Waals surface area (Å²) >= 11 is 1.18. The molecule has 0 aromatic heterocycles. The van der Waals surface area contributed by atoms with Crippen LogP contribution in [0, 0.1) is 6.92 Å². The SMILES string of the molecule is COc1ccc(C)cc1NC(=O)[C@H](OC(=O)c1ccc2c(c1)SC1=NS(=O)(=O)CCN12)c1ccccc1. The number of hydrogen-bond donors (Lipinski definition) is 1. The zero-order valence-corrected chi connectivity index (χ0v) is 21.6. The minimum atomic E-state index is -3.49. The van der Waals surface area contributed by atoms with Gasteiger partial charge in [0, 0.05) is 17.0 Å². The number of carbonyl (C=O) groups excluding carboxylic acids is 2. The van der Waals surface area contributed by atoms with Crippen molar-refractivity contribution in [2.45, 2.75) is 17.9 Å². The first-order valence-corrected chi connectivity index (χ1v) is 13.8. The van der Waals surface area contributed by atoms with Crippen LogP contribution in [0.25, 0.3) is 0 Å². The highest BCUT2D eigenvalue weighted by Crippen LogP contribution is 2.42. The monoisotopic (exact) mass is 537 g/mol. The van der Waals surface area contributed by atoms with E-state index in [-0.39, 0.29) is 11.3 Å². The Kier molecular flexibility index (Phi) is 6.65. The van der Waals surface area contributed by atoms with Crippen molar-refractivity contribution in [1.29, 1.82) is 0 Å². The number of methoxy groups -OCH3 is 1. The molecule has 1 atom stereocenters. The van der Waals surface area contributed by atoms with E-state index in [1.807, 2.05) is 17.9 Å². The van der Waals surface area contributed by atoms with E-state index in [0.717, 1.165) is 11.3 Å². The summed E-state index contributed by atoms with van der Waals surface area (Å²) in [6.07, 6.45) is -1.22. The van der Waals surface area contributed by atoms with Crippen LogP contribution in [0.4, 0.5) is 11.4 Å². The quantitative estimate of drug-likeness (QED) is 0.467. The Morgan fingerprint density at radius 3 is 2.62 bits per heavy atom. The van der Waals surface area contributed by atoms with Crippen molar-refractivity contribution in [1.82, 2.24) is 0 Å². The van der Waals surface area contributed by atoms with Gasteiger partial charge >= 0.3 is 5.97 Å². The molecule has 0 bridgehead atoms. The predicted octanol–water partition coefficient (Wildman–Crippen LogP) is 4.15. The lowest BCUT2D eigenvalue weighted by molar-refractivity contribution is -0.125. The maximum Gasteiger partial charge on any atom is 0.339 e. The number of rotatable bonds is 6. The maximum absolute atomic E-state index is 13.4. The van der Waals surface area contributed by atoms with Gasteiger partial charge in [0.1, 0.15) is 5.75 Å². The number of esters is 1. The van der Waals surface area contributed by atoms with Crippen LogP contribution >= 0.6 is 11.8 Å². The average molecular weight is 538 g/mol. The van der Waals surface area contributed by atoms with E-state index in [2.05, 4.69) is 9.71 Å². The van der Waals surface area contributed by atoms with Gasteiger partial charge in [-0.2, -0.15) is 0 Å². The van der Waals surface area contributed by atoms with Gasteiger partial charge in [-0.3, -0.25) is 4.79 Å². The van der Waals surface area contributed by atoms with Gasteiger partial charge < -0.3 is 19.7 Å². The summed E-state index contributed by atoms with van der Waals surface area (Å²) < 4.78 is 38.7. The normalized spacial score (nSPS) is 16.2. The van der Waals surface area contributed by atoms with Crippen LogP contribution in [0.1, 0.15) is 27.6 Å². The number of aryl methyl sites for hydroxylation is 1. The summed E-state index contributed by atoms with van der Waals surface area (Å²) in [7, 11) is -1.98. The predicted molar refractivity (Wildman–Crippen MR) is 142 cm³/mol. The molecule has 0 unspecified atom stereocenters. The first kappa shape index (κ1) is 24.8. The van der Waals surface area contributed by atoms with E-state index in [4.69, 9.17) is 9.47 Å². The van der Waals surface area contributed by atoms with Crippen LogP contribution in [0.2, 0.25) is 0 Å². The molecule has 5 rings (SSSR count). The largest absolute Gasteiger partial charge is 0.495 e. The van der Waals surface area contributed by atoms with E-state index >= 15 is 0 Å². The lowest BCUT2D eigenvalue weighted by Crippen LogP contribution is -2.35. The summed E-state index contributed by atoms with van der Waals surface area (Å²) in [6.45, 7) is 2.19. The first-order chi connectivity index (χ1) is 17.7. The molecule has 2 aliphatic rings. The fourth-order valence-corrected chi connectivity index (χ4v) is 6.35. The topological polar surface area (TPSA) is 114 Å². The van der Waals surface area contributed by atoms with Crippen LogP contribution in [0.5, 0.6) is 5.75 Å². The number of nitrogens with zero attached hydrogens (tertiary/aromatic N) is 2. The van der Waals surface area contributed by atoms with Crippen LogP contribution in [-0.2, 0) is 19.6 Å². The number of anilines is 2. The molecular weight excluding hydrogens is 514 g/mol. The van der Waals surface area contributed by atoms with Gasteiger partial charge in [-0.15, -0.1) is 4.40 Å². The van der Waals surface area contributed by atoms with E-state index < -0.39 is 28.0 Å². The standard InChI is InChI=1S/C26H23N3O6S2/c1-16-8-11-21(34-2)19(14-16)27-24(30)23(17-6-4-3-5-7-17)35-25(31)18-9-10-20-22(15-18)36-26-28-37(32,33)13-12-29(20)26/h3-11,14-15,23H,12-13H2,1-2H3,(H,27,30)/t23-/m1/s1. The molecule has 190 valence electrons. The van der Waals surface area contributed by atoms with Crippen molar-refractivity contribution in [2.24, 2.45) is 4.40 Å². The highest BCUT2D eigenvalue weighted by atomic mass is 32.2. The number of carbonyl (C=O) groups is 2. The molecular formula is C26H23N3O6S2. The van der Waals surface area contributed by atoms with Crippen LogP contribution in [0.15, 0.2) is 76.0 Å². The number of amidine groups is 1. The molecule has 1 amide bonds. The molecule has 9 nitrogen and oxygen atoms in total. The van der Waals surface area contributed by atoms with Gasteiger partial charge in [0.25, 0.3) is 15.9 Å². The third-order valence-corrected chi connectivity index (χ3v) is 8.19. The van der Waals surface area contributed by atoms with Crippen LogP contribution in [0.3, 0.4) is 0 Å². The van der Waals surface area contributed by atoms with Gasteiger partial charge in [-0.25, -0.2) is 13.2 Å². The zero-order chi connectivity index (χ0) is 26.2. The minimum Gasteiger partial charge on any atom is -0.495 e. The summed E-state index contributed by atoms with van der Waals surface area (Å²) in [5.74, 6) is -0.812. The van der Waals surface area contributed by atoms with Gasteiger partial charge in [0.2, 0.25) is 6.10 Å². The van der Waals surface area contributed by atoms with Crippen LogP contribution in [-0.4, -0.2) is 44.9 Å². The molecule has 1 N–H and O–H groups in total. The number of ether oxygens (including phenoxy) is 2. The van der Waals surface area contributed by atoms with Crippen LogP contribution < -0.4 is 15.0 Å². The Bertz CT molecular complexity index is 1520. The molecule has 37 heavy (non-hydrogen) atoms. The molecule has 0 saturated carbocycles. The molecule has 3 aromatic carbocycles. The van der Waals surface area contributed by atoms with Gasteiger partial charge in [-0.05, 0) is 54.6 Å². The molecule has 3 aromatic rings. The molecule has 0 aliphatic carbocycles. The van der Waals surface area contributed by atoms with Gasteiger partial charge in [0.05, 0.1) is 29.8 Å². The molecule has 0 fully saturated rings. The Balaban J connectivity index is 1.40. The minimum absolute atomic E-state index is 0.0696. The van der Waals surface area contributed by atoms with Crippen molar-refractivity contribution in [3.05, 3.63) is 83.4 Å². The number of hydrogen-bond acceptors (Lipinski definition) is 8. The van der Waals surface area contributed by atoms with Crippen molar-refractivity contribution in [3.63, 3.8) is 0 Å². The summed E-state index contributed by atoms with van der Waals surface area (Å²) in [5.41, 5.74) is 2.90. The second-order valence-electron chi connectivity index (χ2n) is 8.49. The number of nitrogens with one attached hydrogen (secondary N) is 1. The number of sulfonamides is 1. The Hall–Kier alpha value is -3.83. The summed E-state index contributed by atoms with van der Waals surface area (Å²) in [4.78, 5) is 29.1. The lowest BCUT2D eigenvalue weighted by Gasteiger charge is -2.22. The van der Waals surface area contributed by atoms with Gasteiger partial charge in [-0.1, -0.05) is 36.4 Å². The molecule has 0 saturated heterocycles. The highest BCUT2D eigenvalue weighted by molar-refractivity contribution is 8.15. The molecule has 2 heterocycles. The summed E-state index contributed by atoms with van der Waals surface area (Å²) in [5, 5.41) is 3.18. The van der Waals surface area contributed by atoms with Crippen molar-refractivity contribution in [3.8, 4) is 5.75 Å². The smallest absolute Gasteiger partial charge is 0.339 e. The fraction of sp³-hybridized carbons (Fsp3) is 0.192. The van der Waals surface area contributed by atoms with E-state index in [9.17, 15) is 18.0 Å². The number of amides is 1. The lowest BCUT2D eigenvalue weighted by atomic mass is 10.1. The number of thioether (sulfide) groups is 1. The Morgan fingerprint density at radius 2 is 1.86 bits per heavy atom. The van der Waals surface area contributed by atoms with E-state index in [0.29, 0.717) is 33.6 Å². The number of benzene rings is 3. The van der Waals surface area contributed by atoms with Crippen molar-refractivity contribution < 1.29 is 27.5 Å². The zero-order valence-electron chi connectivity index (χ0n) is 20.0. The molecule has 11 heteroatoms. The second-order valence-corrected chi connectivity index (χ2v) is 11.2. The fourth-order valence-electron chi connectivity index (χ4n) is 4.05.